The molecule has 8 heteroatoms. The molecule has 1 aromatic carbocycles. The van der Waals surface area contributed by atoms with Crippen LogP contribution in [0.15, 0.2) is 42.5 Å². The molecule has 0 unspecified atom stereocenters. The molecule has 0 radical (unpaired) electrons. The lowest BCUT2D eigenvalue weighted by molar-refractivity contribution is -0.147. The number of rotatable bonds is 3. The van der Waals surface area contributed by atoms with Crippen molar-refractivity contribution in [2.24, 2.45) is 0 Å². The van der Waals surface area contributed by atoms with Crippen molar-refractivity contribution < 1.29 is 19.2 Å². The van der Waals surface area contributed by atoms with Crippen LogP contribution in [-0.2, 0) is 19.2 Å². The molecule has 0 atom stereocenters. The van der Waals surface area contributed by atoms with E-state index in [9.17, 15) is 19.2 Å². The molecule has 0 fully saturated rings. The number of imide groups is 2. The quantitative estimate of drug-likeness (QED) is 0.625. The highest BCUT2D eigenvalue weighted by Crippen LogP contribution is 2.29. The second kappa shape index (κ2) is 5.09. The SMILES string of the molecule is Cc1ccc(N)cc1N(N1C(=O)C=CC1=O)N1C(=O)C=CC1=O. The zero-order valence-electron chi connectivity index (χ0n) is 12.1. The molecule has 0 saturated heterocycles. The Balaban J connectivity index is 2.16. The summed E-state index contributed by atoms with van der Waals surface area (Å²) in [5, 5.41) is 2.39. The van der Waals surface area contributed by atoms with Crippen molar-refractivity contribution in [3.63, 3.8) is 0 Å². The number of anilines is 2. The first-order valence-electron chi connectivity index (χ1n) is 6.68. The highest BCUT2D eigenvalue weighted by atomic mass is 16.2. The number of nitrogen functional groups attached to an aromatic ring is 1. The number of carbonyl (C=O) groups excluding carboxylic acids is 4. The highest BCUT2D eigenvalue weighted by Gasteiger charge is 2.40. The van der Waals surface area contributed by atoms with Gasteiger partial charge >= 0.3 is 0 Å². The molecule has 2 aliphatic rings. The molecule has 0 aliphatic carbocycles. The monoisotopic (exact) mass is 312 g/mol. The van der Waals surface area contributed by atoms with Crippen LogP contribution < -0.4 is 10.9 Å². The molecule has 2 aliphatic heterocycles. The predicted molar refractivity (Wildman–Crippen MR) is 80.1 cm³/mol. The number of nitrogens with two attached hydrogens (primary N) is 1. The second-order valence-corrected chi connectivity index (χ2v) is 4.98. The number of amides is 4. The van der Waals surface area contributed by atoms with E-state index in [4.69, 9.17) is 5.73 Å². The summed E-state index contributed by atoms with van der Waals surface area (Å²) >= 11 is 0. The third kappa shape index (κ3) is 2.26. The average Bonchev–Trinajstić information content (AvgIpc) is 3.00. The van der Waals surface area contributed by atoms with E-state index in [1.54, 1.807) is 19.1 Å². The molecule has 0 bridgehead atoms. The van der Waals surface area contributed by atoms with Gasteiger partial charge in [-0.1, -0.05) is 6.07 Å². The van der Waals surface area contributed by atoms with Crippen LogP contribution in [0.1, 0.15) is 5.56 Å². The van der Waals surface area contributed by atoms with Gasteiger partial charge < -0.3 is 5.73 Å². The van der Waals surface area contributed by atoms with Gasteiger partial charge in [0.1, 0.15) is 0 Å². The van der Waals surface area contributed by atoms with Gasteiger partial charge in [0.15, 0.2) is 0 Å². The minimum atomic E-state index is -0.663. The van der Waals surface area contributed by atoms with E-state index in [0.717, 1.165) is 29.4 Å². The number of hydrazine groups is 2. The van der Waals surface area contributed by atoms with Crippen LogP contribution in [0.5, 0.6) is 0 Å². The maximum Gasteiger partial charge on any atom is 0.274 e. The third-order valence-electron chi connectivity index (χ3n) is 3.40. The molecule has 1 aromatic rings. The van der Waals surface area contributed by atoms with E-state index in [2.05, 4.69) is 0 Å². The fourth-order valence-corrected chi connectivity index (χ4v) is 2.31. The minimum absolute atomic E-state index is 0.279. The van der Waals surface area contributed by atoms with Crippen LogP contribution in [-0.4, -0.2) is 33.6 Å². The molecule has 23 heavy (non-hydrogen) atoms. The normalized spacial score (nSPS) is 16.9. The minimum Gasteiger partial charge on any atom is -0.399 e. The standard InChI is InChI=1S/C15H12N4O4/c1-9-2-3-10(16)8-11(9)19(17-12(20)4-5-13(17)21)18-14(22)6-7-15(18)23/h2-8H,16H2,1H3. The smallest absolute Gasteiger partial charge is 0.274 e. The number of nitrogens with zero attached hydrogens (tertiary/aromatic N) is 3. The Bertz CT molecular complexity index is 734. The fraction of sp³-hybridized carbons (Fsp3) is 0.0667. The van der Waals surface area contributed by atoms with Crippen molar-refractivity contribution >= 4 is 35.0 Å². The van der Waals surface area contributed by atoms with E-state index in [-0.39, 0.29) is 5.69 Å². The maximum absolute atomic E-state index is 12.0. The summed E-state index contributed by atoms with van der Waals surface area (Å²) in [4.78, 5) is 48.2. The van der Waals surface area contributed by atoms with Gasteiger partial charge in [0.05, 0.1) is 5.69 Å². The first kappa shape index (κ1) is 14.5. The van der Waals surface area contributed by atoms with Crippen molar-refractivity contribution in [2.75, 3.05) is 10.9 Å². The van der Waals surface area contributed by atoms with Crippen LogP contribution >= 0.6 is 0 Å². The average molecular weight is 312 g/mol. The van der Waals surface area contributed by atoms with Crippen LogP contribution in [0, 0.1) is 6.92 Å². The van der Waals surface area contributed by atoms with E-state index >= 15 is 0 Å². The summed E-state index contributed by atoms with van der Waals surface area (Å²) in [6.07, 6.45) is 4.26. The molecular formula is C15H12N4O4. The van der Waals surface area contributed by atoms with Gasteiger partial charge in [-0.05, 0) is 24.6 Å². The molecule has 2 N–H and O–H groups in total. The summed E-state index contributed by atoms with van der Waals surface area (Å²) in [7, 11) is 0. The molecule has 4 amide bonds. The van der Waals surface area contributed by atoms with Gasteiger partial charge in [-0.3, -0.25) is 19.2 Å². The number of hydrogen-bond acceptors (Lipinski definition) is 6. The lowest BCUT2D eigenvalue weighted by Gasteiger charge is -2.37. The zero-order valence-corrected chi connectivity index (χ0v) is 12.1. The number of carbonyl (C=O) groups is 4. The first-order valence-corrected chi connectivity index (χ1v) is 6.68. The summed E-state index contributed by atoms with van der Waals surface area (Å²) in [5.41, 5.74) is 7.03. The molecular weight excluding hydrogens is 300 g/mol. The van der Waals surface area contributed by atoms with Gasteiger partial charge in [0.25, 0.3) is 23.6 Å². The van der Waals surface area contributed by atoms with Gasteiger partial charge in [0.2, 0.25) is 0 Å². The summed E-state index contributed by atoms with van der Waals surface area (Å²) in [6, 6.07) is 4.77. The first-order chi connectivity index (χ1) is 10.9. The summed E-state index contributed by atoms with van der Waals surface area (Å²) in [6.45, 7) is 1.71. The third-order valence-corrected chi connectivity index (χ3v) is 3.40. The van der Waals surface area contributed by atoms with Crippen LogP contribution in [0.25, 0.3) is 0 Å². The Labute approximate surface area is 131 Å². The molecule has 0 saturated carbocycles. The van der Waals surface area contributed by atoms with E-state index in [0.29, 0.717) is 21.3 Å². The summed E-state index contributed by atoms with van der Waals surface area (Å²) < 4.78 is 0. The molecule has 8 nitrogen and oxygen atoms in total. The maximum atomic E-state index is 12.0. The lowest BCUT2D eigenvalue weighted by Crippen LogP contribution is -2.58. The van der Waals surface area contributed by atoms with Crippen molar-refractivity contribution in [1.82, 2.24) is 10.0 Å². The van der Waals surface area contributed by atoms with Gasteiger partial charge in [-0.25, -0.2) is 0 Å². The molecule has 116 valence electrons. The zero-order chi connectivity index (χ0) is 16.7. The molecule has 0 aromatic heterocycles. The van der Waals surface area contributed by atoms with E-state index in [1.807, 2.05) is 0 Å². The van der Waals surface area contributed by atoms with E-state index < -0.39 is 23.6 Å². The Morgan fingerprint density at radius 3 is 1.70 bits per heavy atom. The van der Waals surface area contributed by atoms with Gasteiger partial charge in [0, 0.05) is 30.0 Å². The van der Waals surface area contributed by atoms with Crippen molar-refractivity contribution in [3.05, 3.63) is 48.1 Å². The number of hydrogen-bond donors (Lipinski definition) is 1. The van der Waals surface area contributed by atoms with Crippen molar-refractivity contribution in [3.8, 4) is 0 Å². The largest absolute Gasteiger partial charge is 0.399 e. The fourth-order valence-electron chi connectivity index (χ4n) is 2.31. The Kier molecular flexibility index (Phi) is 3.21. The Hall–Kier alpha value is -3.42. The van der Waals surface area contributed by atoms with E-state index in [1.165, 1.54) is 6.07 Å². The van der Waals surface area contributed by atoms with Crippen LogP contribution in [0.4, 0.5) is 11.4 Å². The Morgan fingerprint density at radius 2 is 1.26 bits per heavy atom. The number of benzene rings is 1. The topological polar surface area (TPSA) is 104 Å². The van der Waals surface area contributed by atoms with Crippen LogP contribution in [0.2, 0.25) is 0 Å². The lowest BCUT2D eigenvalue weighted by atomic mass is 10.2. The van der Waals surface area contributed by atoms with Gasteiger partial charge in [-0.2, -0.15) is 15.1 Å². The number of aryl methyl sites for hydroxylation is 1. The van der Waals surface area contributed by atoms with Crippen molar-refractivity contribution in [1.29, 1.82) is 0 Å². The second-order valence-electron chi connectivity index (χ2n) is 4.98. The van der Waals surface area contributed by atoms with Gasteiger partial charge in [-0.15, -0.1) is 0 Å². The molecule has 0 spiro atoms. The highest BCUT2D eigenvalue weighted by molar-refractivity contribution is 6.17. The molecule has 2 heterocycles. The van der Waals surface area contributed by atoms with Crippen LogP contribution in [0.3, 0.4) is 0 Å². The predicted octanol–water partition coefficient (Wildman–Crippen LogP) is 0.0636. The summed E-state index contributed by atoms with van der Waals surface area (Å²) in [5.74, 6) is -2.65. The van der Waals surface area contributed by atoms with Crippen molar-refractivity contribution in [2.45, 2.75) is 6.92 Å². The molecule has 3 rings (SSSR count). The Morgan fingerprint density at radius 1 is 0.826 bits per heavy atom.